The number of carbonyl (C=O) groups is 2. The van der Waals surface area contributed by atoms with E-state index in [-0.39, 0.29) is 11.5 Å². The maximum atomic E-state index is 11.8. The van der Waals surface area contributed by atoms with Crippen molar-refractivity contribution >= 4 is 17.6 Å². The van der Waals surface area contributed by atoms with Crippen molar-refractivity contribution in [2.24, 2.45) is 0 Å². The van der Waals surface area contributed by atoms with E-state index in [9.17, 15) is 9.59 Å². The number of aromatic nitrogens is 1. The normalized spacial score (nSPS) is 16.5. The van der Waals surface area contributed by atoms with Gasteiger partial charge < -0.3 is 24.3 Å². The van der Waals surface area contributed by atoms with Crippen LogP contribution in [0.15, 0.2) is 23.9 Å². The van der Waals surface area contributed by atoms with Crippen molar-refractivity contribution < 1.29 is 28.5 Å². The molecule has 1 aromatic rings. The Hall–Kier alpha value is -2.77. The minimum Gasteiger partial charge on any atom is -0.481 e. The van der Waals surface area contributed by atoms with E-state index in [0.717, 1.165) is 0 Å². The number of pyridine rings is 1. The molecular weight excluding hydrogens is 292 g/mol. The van der Waals surface area contributed by atoms with E-state index < -0.39 is 17.7 Å². The summed E-state index contributed by atoms with van der Waals surface area (Å²) in [6.45, 7) is 2.95. The lowest BCUT2D eigenvalue weighted by molar-refractivity contribution is -0.222. The summed E-state index contributed by atoms with van der Waals surface area (Å²) in [7, 11) is 2.92. The number of rotatable bonds is 4. The predicted octanol–water partition coefficient (Wildman–Crippen LogP) is 1.23. The monoisotopic (exact) mass is 308 g/mol. The van der Waals surface area contributed by atoms with Crippen LogP contribution in [-0.4, -0.2) is 36.9 Å². The fourth-order valence-electron chi connectivity index (χ4n) is 1.73. The van der Waals surface area contributed by atoms with Crippen LogP contribution in [0.5, 0.6) is 11.8 Å². The molecule has 1 saturated heterocycles. The van der Waals surface area contributed by atoms with E-state index in [0.29, 0.717) is 11.6 Å². The van der Waals surface area contributed by atoms with Crippen molar-refractivity contribution in [3.8, 4) is 11.8 Å². The van der Waals surface area contributed by atoms with Crippen LogP contribution >= 0.6 is 0 Å². The Kier molecular flexibility index (Phi) is 4.20. The second-order valence-electron chi connectivity index (χ2n) is 4.79. The first-order chi connectivity index (χ1) is 10.4. The highest BCUT2D eigenvalue weighted by molar-refractivity contribution is 6.15. The predicted molar refractivity (Wildman–Crippen MR) is 75.3 cm³/mol. The molecule has 2 rings (SSSR count). The van der Waals surface area contributed by atoms with E-state index in [1.54, 1.807) is 12.1 Å². The third-order valence-electron chi connectivity index (χ3n) is 2.73. The van der Waals surface area contributed by atoms with E-state index in [1.165, 1.54) is 34.3 Å². The number of ether oxygens (including phenoxy) is 4. The summed E-state index contributed by atoms with van der Waals surface area (Å²) in [4.78, 5) is 27.7. The number of hydrogen-bond donors (Lipinski definition) is 1. The van der Waals surface area contributed by atoms with Gasteiger partial charge in [0.1, 0.15) is 5.69 Å². The van der Waals surface area contributed by atoms with Crippen LogP contribution in [0.4, 0.5) is 5.69 Å². The average Bonchev–Trinajstić information content (AvgIpc) is 2.45. The molecule has 1 aliphatic rings. The van der Waals surface area contributed by atoms with Gasteiger partial charge in [0.15, 0.2) is 5.57 Å². The first-order valence-corrected chi connectivity index (χ1v) is 6.38. The SMILES string of the molecule is COc1ccc(NC=C2C(=O)OC(C)(C)OC2=O)c(OC)n1. The van der Waals surface area contributed by atoms with Crippen molar-refractivity contribution in [1.29, 1.82) is 0 Å². The Balaban J connectivity index is 2.21. The highest BCUT2D eigenvalue weighted by Crippen LogP contribution is 2.26. The number of hydrogen-bond acceptors (Lipinski definition) is 8. The maximum Gasteiger partial charge on any atom is 0.350 e. The van der Waals surface area contributed by atoms with Crippen LogP contribution in [0.2, 0.25) is 0 Å². The van der Waals surface area contributed by atoms with Crippen LogP contribution < -0.4 is 14.8 Å². The largest absolute Gasteiger partial charge is 0.481 e. The molecule has 0 radical (unpaired) electrons. The zero-order valence-corrected chi connectivity index (χ0v) is 12.6. The first-order valence-electron chi connectivity index (χ1n) is 6.38. The van der Waals surface area contributed by atoms with Gasteiger partial charge in [-0.2, -0.15) is 4.98 Å². The molecule has 8 heteroatoms. The number of cyclic esters (lactones) is 2. The number of anilines is 1. The Morgan fingerprint density at radius 3 is 2.32 bits per heavy atom. The molecule has 0 aromatic carbocycles. The number of esters is 2. The second kappa shape index (κ2) is 5.92. The minimum atomic E-state index is -1.27. The molecule has 1 aliphatic heterocycles. The Morgan fingerprint density at radius 2 is 1.77 bits per heavy atom. The molecule has 22 heavy (non-hydrogen) atoms. The number of nitrogens with one attached hydrogen (secondary N) is 1. The fourth-order valence-corrected chi connectivity index (χ4v) is 1.73. The molecule has 0 bridgehead atoms. The smallest absolute Gasteiger partial charge is 0.350 e. The first kappa shape index (κ1) is 15.6. The van der Waals surface area contributed by atoms with Gasteiger partial charge in [0, 0.05) is 26.1 Å². The number of carbonyl (C=O) groups excluding carboxylic acids is 2. The topological polar surface area (TPSA) is 96.0 Å². The summed E-state index contributed by atoms with van der Waals surface area (Å²) in [6.07, 6.45) is 1.19. The van der Waals surface area contributed by atoms with Gasteiger partial charge in [-0.25, -0.2) is 9.59 Å². The molecule has 0 amide bonds. The standard InChI is InChI=1S/C14H16N2O6/c1-14(2)21-12(17)8(13(18)22-14)7-15-9-5-6-10(19-3)16-11(9)20-4/h5-7,15H,1-4H3. The van der Waals surface area contributed by atoms with E-state index in [1.807, 2.05) is 0 Å². The lowest BCUT2D eigenvalue weighted by atomic mass is 10.2. The average molecular weight is 308 g/mol. The third-order valence-corrected chi connectivity index (χ3v) is 2.73. The van der Waals surface area contributed by atoms with Gasteiger partial charge in [-0.05, 0) is 6.07 Å². The molecule has 1 fully saturated rings. The Bertz CT molecular complexity index is 616. The van der Waals surface area contributed by atoms with Crippen molar-refractivity contribution in [1.82, 2.24) is 4.98 Å². The van der Waals surface area contributed by atoms with E-state index >= 15 is 0 Å². The summed E-state index contributed by atoms with van der Waals surface area (Å²) >= 11 is 0. The highest BCUT2D eigenvalue weighted by Gasteiger charge is 2.38. The Labute approximate surface area is 127 Å². The quantitative estimate of drug-likeness (QED) is 0.504. The summed E-state index contributed by atoms with van der Waals surface area (Å²) in [5.41, 5.74) is 0.193. The fraction of sp³-hybridized carbons (Fsp3) is 0.357. The van der Waals surface area contributed by atoms with Crippen molar-refractivity contribution in [2.45, 2.75) is 19.6 Å². The second-order valence-corrected chi connectivity index (χ2v) is 4.79. The minimum absolute atomic E-state index is 0.245. The van der Waals surface area contributed by atoms with Gasteiger partial charge in [0.2, 0.25) is 11.8 Å². The summed E-state index contributed by atoms with van der Waals surface area (Å²) in [6, 6.07) is 3.23. The zero-order chi connectivity index (χ0) is 16.3. The number of nitrogens with zero attached hydrogens (tertiary/aromatic N) is 1. The van der Waals surface area contributed by atoms with Crippen LogP contribution in [-0.2, 0) is 19.1 Å². The van der Waals surface area contributed by atoms with Crippen molar-refractivity contribution in [3.63, 3.8) is 0 Å². The molecule has 0 atom stereocenters. The van der Waals surface area contributed by atoms with E-state index in [2.05, 4.69) is 10.3 Å². The molecule has 1 aromatic heterocycles. The summed E-state index contributed by atoms with van der Waals surface area (Å²) in [5.74, 6) is -2.20. The molecule has 2 heterocycles. The molecule has 0 spiro atoms. The Morgan fingerprint density at radius 1 is 1.14 bits per heavy atom. The molecule has 0 aliphatic carbocycles. The van der Waals surface area contributed by atoms with Gasteiger partial charge in [-0.3, -0.25) is 0 Å². The van der Waals surface area contributed by atoms with Gasteiger partial charge in [0.25, 0.3) is 5.79 Å². The lowest BCUT2D eigenvalue weighted by Gasteiger charge is -2.29. The maximum absolute atomic E-state index is 11.8. The molecule has 0 unspecified atom stereocenters. The van der Waals surface area contributed by atoms with Crippen molar-refractivity contribution in [3.05, 3.63) is 23.9 Å². The molecule has 118 valence electrons. The summed E-state index contributed by atoms with van der Waals surface area (Å²) < 4.78 is 20.0. The molecule has 8 nitrogen and oxygen atoms in total. The molecule has 0 saturated carbocycles. The lowest BCUT2D eigenvalue weighted by Crippen LogP contribution is -2.42. The van der Waals surface area contributed by atoms with Crippen LogP contribution in [0, 0.1) is 0 Å². The number of methoxy groups -OCH3 is 2. The van der Waals surface area contributed by atoms with E-state index in [4.69, 9.17) is 18.9 Å². The van der Waals surface area contributed by atoms with Crippen LogP contribution in [0.1, 0.15) is 13.8 Å². The van der Waals surface area contributed by atoms with Crippen molar-refractivity contribution in [2.75, 3.05) is 19.5 Å². The summed E-state index contributed by atoms with van der Waals surface area (Å²) in [5, 5.41) is 2.77. The van der Waals surface area contributed by atoms with Gasteiger partial charge >= 0.3 is 11.9 Å². The van der Waals surface area contributed by atoms with Crippen LogP contribution in [0.3, 0.4) is 0 Å². The molecule has 1 N–H and O–H groups in total. The van der Waals surface area contributed by atoms with Gasteiger partial charge in [-0.1, -0.05) is 0 Å². The van der Waals surface area contributed by atoms with Crippen LogP contribution in [0.25, 0.3) is 0 Å². The zero-order valence-electron chi connectivity index (χ0n) is 12.6. The highest BCUT2D eigenvalue weighted by atomic mass is 16.7. The third kappa shape index (κ3) is 3.27. The molecular formula is C14H16N2O6. The van der Waals surface area contributed by atoms with Gasteiger partial charge in [0.05, 0.1) is 14.2 Å². The van der Waals surface area contributed by atoms with Gasteiger partial charge in [-0.15, -0.1) is 0 Å².